The Bertz CT molecular complexity index is 611. The van der Waals surface area contributed by atoms with Crippen LogP contribution in [0.2, 0.25) is 0 Å². The van der Waals surface area contributed by atoms with Gasteiger partial charge in [-0.2, -0.15) is 0 Å². The molecule has 0 atom stereocenters. The lowest BCUT2D eigenvalue weighted by molar-refractivity contribution is 0.406. The molecule has 0 aromatic carbocycles. The summed E-state index contributed by atoms with van der Waals surface area (Å²) in [6.45, 7) is 6.25. The van der Waals surface area contributed by atoms with Crippen molar-refractivity contribution < 1.29 is 4.39 Å². The quantitative estimate of drug-likeness (QED) is 0.759. The van der Waals surface area contributed by atoms with Crippen molar-refractivity contribution in [2.75, 3.05) is 0 Å². The van der Waals surface area contributed by atoms with Gasteiger partial charge in [-0.1, -0.05) is 20.8 Å². The average molecular weight is 234 g/mol. The van der Waals surface area contributed by atoms with Crippen molar-refractivity contribution in [3.63, 3.8) is 0 Å². The van der Waals surface area contributed by atoms with Gasteiger partial charge in [-0.15, -0.1) is 0 Å². The molecule has 0 N–H and O–H groups in total. The molecule has 90 valence electrons. The lowest BCUT2D eigenvalue weighted by atomic mass is 9.90. The van der Waals surface area contributed by atoms with Crippen LogP contribution in [0.4, 0.5) is 4.39 Å². The van der Waals surface area contributed by atoms with Gasteiger partial charge in [0.15, 0.2) is 0 Å². The summed E-state index contributed by atoms with van der Waals surface area (Å²) in [4.78, 5) is 16.2. The van der Waals surface area contributed by atoms with Crippen molar-refractivity contribution in [1.82, 2.24) is 9.38 Å². The molecular formula is C13H15FN2O. The second-order valence-corrected chi connectivity index (χ2v) is 5.40. The number of nitrogens with zero attached hydrogens (tertiary/aromatic N) is 2. The minimum atomic E-state index is -0.440. The SMILES string of the molecule is CC(C)(C)Cc1cc(=O)n2cc(F)ccc2n1. The molecule has 0 fully saturated rings. The Balaban J connectivity index is 2.57. The summed E-state index contributed by atoms with van der Waals surface area (Å²) in [5.41, 5.74) is 1.05. The molecule has 0 unspecified atom stereocenters. The fourth-order valence-corrected chi connectivity index (χ4v) is 1.76. The molecule has 3 nitrogen and oxygen atoms in total. The van der Waals surface area contributed by atoms with Gasteiger partial charge in [0, 0.05) is 18.0 Å². The van der Waals surface area contributed by atoms with Crippen LogP contribution in [0, 0.1) is 11.2 Å². The molecule has 17 heavy (non-hydrogen) atoms. The van der Waals surface area contributed by atoms with Crippen LogP contribution in [0.25, 0.3) is 5.65 Å². The van der Waals surface area contributed by atoms with E-state index < -0.39 is 5.82 Å². The Labute approximate surface area is 98.9 Å². The van der Waals surface area contributed by atoms with Crippen LogP contribution in [0.5, 0.6) is 0 Å². The van der Waals surface area contributed by atoms with Crippen molar-refractivity contribution >= 4 is 5.65 Å². The van der Waals surface area contributed by atoms with Crippen LogP contribution in [-0.4, -0.2) is 9.38 Å². The van der Waals surface area contributed by atoms with Gasteiger partial charge in [0.2, 0.25) is 0 Å². The van der Waals surface area contributed by atoms with Gasteiger partial charge in [0.25, 0.3) is 5.56 Å². The third kappa shape index (κ3) is 2.70. The molecule has 0 bridgehead atoms. The Morgan fingerprint density at radius 1 is 1.35 bits per heavy atom. The molecule has 4 heteroatoms. The normalized spacial score (nSPS) is 12.0. The van der Waals surface area contributed by atoms with E-state index in [-0.39, 0.29) is 11.0 Å². The zero-order valence-electron chi connectivity index (χ0n) is 10.2. The first-order chi connectivity index (χ1) is 7.85. The summed E-state index contributed by atoms with van der Waals surface area (Å²) in [6, 6.07) is 4.29. The number of aromatic nitrogens is 2. The van der Waals surface area contributed by atoms with E-state index in [1.807, 2.05) is 0 Å². The summed E-state index contributed by atoms with van der Waals surface area (Å²) in [5, 5.41) is 0. The molecule has 0 amide bonds. The molecule has 0 saturated carbocycles. The molecule has 2 aromatic rings. The monoisotopic (exact) mass is 234 g/mol. The van der Waals surface area contributed by atoms with Crippen molar-refractivity contribution in [3.8, 4) is 0 Å². The van der Waals surface area contributed by atoms with Gasteiger partial charge in [-0.05, 0) is 24.0 Å². The molecule has 2 aromatic heterocycles. The van der Waals surface area contributed by atoms with E-state index in [1.165, 1.54) is 22.6 Å². The Morgan fingerprint density at radius 2 is 2.06 bits per heavy atom. The summed E-state index contributed by atoms with van der Waals surface area (Å²) in [5.74, 6) is -0.440. The number of pyridine rings is 1. The highest BCUT2D eigenvalue weighted by Crippen LogP contribution is 2.18. The summed E-state index contributed by atoms with van der Waals surface area (Å²) < 4.78 is 14.2. The highest BCUT2D eigenvalue weighted by molar-refractivity contribution is 5.38. The number of hydrogen-bond acceptors (Lipinski definition) is 2. The highest BCUT2D eigenvalue weighted by Gasteiger charge is 2.13. The first-order valence-corrected chi connectivity index (χ1v) is 5.53. The van der Waals surface area contributed by atoms with Crippen LogP contribution in [-0.2, 0) is 6.42 Å². The number of rotatable bonds is 1. The third-order valence-corrected chi connectivity index (χ3v) is 2.39. The molecule has 0 saturated heterocycles. The van der Waals surface area contributed by atoms with Gasteiger partial charge in [0.05, 0.1) is 0 Å². The Kier molecular flexibility index (Phi) is 2.73. The molecule has 0 aliphatic carbocycles. The first kappa shape index (κ1) is 11.8. The lowest BCUT2D eigenvalue weighted by Crippen LogP contribution is -2.19. The molecule has 2 heterocycles. The maximum Gasteiger partial charge on any atom is 0.258 e. The van der Waals surface area contributed by atoms with Crippen molar-refractivity contribution in [3.05, 3.63) is 46.3 Å². The molecule has 2 rings (SSSR count). The van der Waals surface area contributed by atoms with Crippen LogP contribution in [0.15, 0.2) is 29.2 Å². The Hall–Kier alpha value is -1.71. The standard InChI is InChI=1S/C13H15FN2O/c1-13(2,3)7-10-6-12(17)16-8-9(14)4-5-11(16)15-10/h4-6,8H,7H2,1-3H3. The number of halogens is 1. The zero-order valence-corrected chi connectivity index (χ0v) is 10.2. The van der Waals surface area contributed by atoms with Gasteiger partial charge < -0.3 is 0 Å². The smallest absolute Gasteiger partial charge is 0.258 e. The number of fused-ring (bicyclic) bond motifs is 1. The van der Waals surface area contributed by atoms with Crippen molar-refractivity contribution in [2.24, 2.45) is 5.41 Å². The van der Waals surface area contributed by atoms with Crippen LogP contribution in [0.3, 0.4) is 0 Å². The minimum absolute atomic E-state index is 0.0673. The molecule has 0 radical (unpaired) electrons. The van der Waals surface area contributed by atoms with Crippen molar-refractivity contribution in [1.29, 1.82) is 0 Å². The average Bonchev–Trinajstić information content (AvgIpc) is 2.17. The maximum absolute atomic E-state index is 13.0. The highest BCUT2D eigenvalue weighted by atomic mass is 19.1. The summed E-state index contributed by atoms with van der Waals surface area (Å²) in [7, 11) is 0. The minimum Gasteiger partial charge on any atom is -0.269 e. The molecule has 0 spiro atoms. The van der Waals surface area contributed by atoms with Crippen molar-refractivity contribution in [2.45, 2.75) is 27.2 Å². The topological polar surface area (TPSA) is 34.4 Å². The van der Waals surface area contributed by atoms with Crippen LogP contribution in [0.1, 0.15) is 26.5 Å². The van der Waals surface area contributed by atoms with Gasteiger partial charge in [-0.3, -0.25) is 9.20 Å². The summed E-state index contributed by atoms with van der Waals surface area (Å²) in [6.07, 6.45) is 1.88. The Morgan fingerprint density at radius 3 is 2.71 bits per heavy atom. The zero-order chi connectivity index (χ0) is 12.6. The second-order valence-electron chi connectivity index (χ2n) is 5.40. The lowest BCUT2D eigenvalue weighted by Gasteiger charge is -2.17. The first-order valence-electron chi connectivity index (χ1n) is 5.53. The van der Waals surface area contributed by atoms with E-state index in [2.05, 4.69) is 25.8 Å². The third-order valence-electron chi connectivity index (χ3n) is 2.39. The second kappa shape index (κ2) is 3.95. The largest absolute Gasteiger partial charge is 0.269 e. The van der Waals surface area contributed by atoms with Gasteiger partial charge >= 0.3 is 0 Å². The fourth-order valence-electron chi connectivity index (χ4n) is 1.76. The van der Waals surface area contributed by atoms with E-state index in [0.29, 0.717) is 5.65 Å². The van der Waals surface area contributed by atoms with E-state index in [0.717, 1.165) is 18.3 Å². The van der Waals surface area contributed by atoms with E-state index >= 15 is 0 Å². The van der Waals surface area contributed by atoms with Gasteiger partial charge in [0.1, 0.15) is 11.5 Å². The van der Waals surface area contributed by atoms with Crippen LogP contribution >= 0.6 is 0 Å². The van der Waals surface area contributed by atoms with Gasteiger partial charge in [-0.25, -0.2) is 9.37 Å². The predicted octanol–water partition coefficient (Wildman–Crippen LogP) is 2.42. The fraction of sp³-hybridized carbons (Fsp3) is 0.385. The maximum atomic E-state index is 13.0. The van der Waals surface area contributed by atoms with Crippen LogP contribution < -0.4 is 5.56 Å². The summed E-state index contributed by atoms with van der Waals surface area (Å²) >= 11 is 0. The van der Waals surface area contributed by atoms with E-state index in [4.69, 9.17) is 0 Å². The predicted molar refractivity (Wildman–Crippen MR) is 64.6 cm³/mol. The molecule has 0 aliphatic heterocycles. The van der Waals surface area contributed by atoms with E-state index in [1.54, 1.807) is 0 Å². The molecule has 0 aliphatic rings. The number of hydrogen-bond donors (Lipinski definition) is 0. The molecular weight excluding hydrogens is 219 g/mol. The van der Waals surface area contributed by atoms with E-state index in [9.17, 15) is 9.18 Å².